The van der Waals surface area contributed by atoms with Gasteiger partial charge in [-0.1, -0.05) is 56.5 Å². The fourth-order valence-electron chi connectivity index (χ4n) is 1.27. The first-order valence-electron chi connectivity index (χ1n) is 5.06. The van der Waals surface area contributed by atoms with E-state index in [2.05, 4.69) is 6.92 Å². The second kappa shape index (κ2) is 6.36. The van der Waals surface area contributed by atoms with Crippen LogP contribution in [0.3, 0.4) is 0 Å². The Morgan fingerprint density at radius 1 is 1.21 bits per heavy atom. The Hall–Kier alpha value is -1.11. The molecule has 0 saturated carbocycles. The van der Waals surface area contributed by atoms with E-state index in [1.165, 1.54) is 0 Å². The zero-order valence-corrected chi connectivity index (χ0v) is 8.41. The van der Waals surface area contributed by atoms with Crippen LogP contribution in [0, 0.1) is 13.3 Å². The molecule has 14 heavy (non-hydrogen) atoms. The lowest BCUT2D eigenvalue weighted by atomic mass is 10.0. The summed E-state index contributed by atoms with van der Waals surface area (Å²) in [5, 5.41) is 0. The molecule has 0 amide bonds. The van der Waals surface area contributed by atoms with Crippen molar-refractivity contribution in [1.29, 1.82) is 0 Å². The van der Waals surface area contributed by atoms with Gasteiger partial charge in [-0.25, -0.2) is 0 Å². The Morgan fingerprint density at radius 3 is 2.57 bits per heavy atom. The van der Waals surface area contributed by atoms with Crippen molar-refractivity contribution in [2.75, 3.05) is 0 Å². The lowest BCUT2D eigenvalue weighted by Gasteiger charge is -1.99. The molecule has 0 N–H and O–H groups in total. The van der Waals surface area contributed by atoms with Crippen LogP contribution >= 0.6 is 0 Å². The number of unbranched alkanes of at least 4 members (excludes halogenated alkanes) is 3. The first kappa shape index (κ1) is 11.0. The van der Waals surface area contributed by atoms with E-state index in [0.29, 0.717) is 0 Å². The lowest BCUT2D eigenvalue weighted by molar-refractivity contribution is 0.102. The Bertz CT molecular complexity index is 264. The van der Waals surface area contributed by atoms with Crippen molar-refractivity contribution in [3.8, 4) is 0 Å². The van der Waals surface area contributed by atoms with Crippen molar-refractivity contribution < 1.29 is 4.79 Å². The summed E-state index contributed by atoms with van der Waals surface area (Å²) in [4.78, 5) is 11.5. The molecule has 0 saturated heterocycles. The Balaban J connectivity index is 2.29. The van der Waals surface area contributed by atoms with Crippen molar-refractivity contribution in [1.82, 2.24) is 0 Å². The molecular formula is C13H16O. The summed E-state index contributed by atoms with van der Waals surface area (Å²) in [6, 6.07) is 9.38. The number of carbonyl (C=O) groups excluding carboxylic acids is 1. The topological polar surface area (TPSA) is 17.1 Å². The summed E-state index contributed by atoms with van der Waals surface area (Å²) >= 11 is 0. The first-order chi connectivity index (χ1) is 6.84. The maximum atomic E-state index is 11.5. The third-order valence-corrected chi connectivity index (χ3v) is 2.09. The third-order valence-electron chi connectivity index (χ3n) is 2.09. The molecule has 0 unspecified atom stereocenters. The van der Waals surface area contributed by atoms with Gasteiger partial charge in [0.05, 0.1) is 0 Å². The van der Waals surface area contributed by atoms with Crippen LogP contribution < -0.4 is 0 Å². The number of hydrogen-bond acceptors (Lipinski definition) is 1. The number of hydrogen-bond donors (Lipinski definition) is 0. The van der Waals surface area contributed by atoms with Crippen LogP contribution in [-0.2, 0) is 0 Å². The van der Waals surface area contributed by atoms with Gasteiger partial charge in [-0.15, -0.1) is 0 Å². The molecule has 1 nitrogen and oxygen atoms in total. The van der Waals surface area contributed by atoms with E-state index in [-0.39, 0.29) is 5.78 Å². The number of rotatable bonds is 6. The van der Waals surface area contributed by atoms with E-state index in [1.54, 1.807) is 6.42 Å². The summed E-state index contributed by atoms with van der Waals surface area (Å²) in [7, 11) is 0. The zero-order chi connectivity index (χ0) is 10.2. The molecular weight excluding hydrogens is 172 g/mol. The van der Waals surface area contributed by atoms with Crippen LogP contribution in [0.2, 0.25) is 0 Å². The molecule has 74 valence electrons. The molecule has 0 spiro atoms. The van der Waals surface area contributed by atoms with Crippen LogP contribution in [-0.4, -0.2) is 5.78 Å². The maximum absolute atomic E-state index is 11.5. The van der Waals surface area contributed by atoms with E-state index in [1.807, 2.05) is 30.3 Å². The van der Waals surface area contributed by atoms with Gasteiger partial charge >= 0.3 is 0 Å². The molecule has 1 aromatic rings. The van der Waals surface area contributed by atoms with Crippen molar-refractivity contribution in [3.63, 3.8) is 0 Å². The fraction of sp³-hybridized carbons (Fsp3) is 0.308. The highest BCUT2D eigenvalue weighted by Crippen LogP contribution is 2.07. The molecule has 0 atom stereocenters. The fourth-order valence-corrected chi connectivity index (χ4v) is 1.27. The predicted octanol–water partition coefficient (Wildman–Crippen LogP) is 3.47. The van der Waals surface area contributed by atoms with Crippen LogP contribution in [0.15, 0.2) is 30.3 Å². The molecule has 0 aromatic heterocycles. The molecule has 0 heterocycles. The van der Waals surface area contributed by atoms with E-state index in [9.17, 15) is 4.79 Å². The van der Waals surface area contributed by atoms with Gasteiger partial charge in [0, 0.05) is 12.0 Å². The van der Waals surface area contributed by atoms with Gasteiger partial charge in [-0.05, 0) is 6.42 Å². The van der Waals surface area contributed by atoms with Gasteiger partial charge in [-0.2, -0.15) is 0 Å². The molecule has 1 heteroatoms. The van der Waals surface area contributed by atoms with Crippen molar-refractivity contribution in [2.24, 2.45) is 0 Å². The summed E-state index contributed by atoms with van der Waals surface area (Å²) in [6.45, 7) is 3.76. The second-order valence-electron chi connectivity index (χ2n) is 3.28. The van der Waals surface area contributed by atoms with E-state index in [0.717, 1.165) is 31.2 Å². The monoisotopic (exact) mass is 188 g/mol. The van der Waals surface area contributed by atoms with Crippen molar-refractivity contribution in [2.45, 2.75) is 25.7 Å². The Morgan fingerprint density at radius 2 is 1.93 bits per heavy atom. The van der Waals surface area contributed by atoms with Crippen LogP contribution in [0.4, 0.5) is 0 Å². The standard InChI is InChI=1S/C13H16O/c1-2-3-4-8-11-13(14)12-9-6-5-7-10-12/h5-7,9-11H,1-4,8H2. The smallest absolute Gasteiger partial charge is 0.166 e. The van der Waals surface area contributed by atoms with Crippen molar-refractivity contribution >= 4 is 5.78 Å². The minimum Gasteiger partial charge on any atom is -0.294 e. The highest BCUT2D eigenvalue weighted by molar-refractivity contribution is 6.02. The number of Topliss-reactive ketones (excluding diaryl/α,β-unsaturated/α-hetero) is 1. The van der Waals surface area contributed by atoms with Gasteiger partial charge in [0.2, 0.25) is 0 Å². The normalized spacial score (nSPS) is 10.1. The molecule has 0 aliphatic rings. The highest BCUT2D eigenvalue weighted by atomic mass is 16.1. The molecule has 1 aromatic carbocycles. The second-order valence-corrected chi connectivity index (χ2v) is 3.28. The minimum absolute atomic E-state index is 0.134. The van der Waals surface area contributed by atoms with E-state index >= 15 is 0 Å². The Labute approximate surface area is 86.1 Å². The molecule has 0 fully saturated rings. The molecule has 0 aliphatic heterocycles. The average Bonchev–Trinajstić information content (AvgIpc) is 2.25. The summed E-state index contributed by atoms with van der Waals surface area (Å²) in [5.41, 5.74) is 0.780. The maximum Gasteiger partial charge on any atom is 0.166 e. The largest absolute Gasteiger partial charge is 0.294 e. The lowest BCUT2D eigenvalue weighted by Crippen LogP contribution is -1.99. The average molecular weight is 188 g/mol. The van der Waals surface area contributed by atoms with E-state index in [4.69, 9.17) is 0 Å². The first-order valence-corrected chi connectivity index (χ1v) is 5.06. The van der Waals surface area contributed by atoms with Gasteiger partial charge in [0.15, 0.2) is 5.78 Å². The summed E-state index contributed by atoms with van der Waals surface area (Å²) < 4.78 is 0. The van der Waals surface area contributed by atoms with E-state index < -0.39 is 0 Å². The summed E-state index contributed by atoms with van der Waals surface area (Å²) in [6.07, 6.45) is 5.74. The van der Waals surface area contributed by atoms with Gasteiger partial charge in [0.1, 0.15) is 0 Å². The Kier molecular flexibility index (Phi) is 4.98. The molecule has 0 bridgehead atoms. The number of ketones is 1. The number of benzene rings is 1. The molecule has 0 aliphatic carbocycles. The SMILES string of the molecule is [CH2]CCCC[CH]C(=O)c1ccccc1. The van der Waals surface area contributed by atoms with Crippen LogP contribution in [0.1, 0.15) is 36.0 Å². The molecule has 1 rings (SSSR count). The van der Waals surface area contributed by atoms with Crippen LogP contribution in [0.25, 0.3) is 0 Å². The van der Waals surface area contributed by atoms with Gasteiger partial charge in [-0.3, -0.25) is 4.79 Å². The number of carbonyl (C=O) groups is 1. The minimum atomic E-state index is 0.134. The van der Waals surface area contributed by atoms with Gasteiger partial charge < -0.3 is 0 Å². The zero-order valence-electron chi connectivity index (χ0n) is 8.41. The third kappa shape index (κ3) is 3.73. The predicted molar refractivity (Wildman–Crippen MR) is 58.9 cm³/mol. The van der Waals surface area contributed by atoms with Gasteiger partial charge in [0.25, 0.3) is 0 Å². The van der Waals surface area contributed by atoms with Crippen LogP contribution in [0.5, 0.6) is 0 Å². The summed E-state index contributed by atoms with van der Waals surface area (Å²) in [5.74, 6) is 0.134. The van der Waals surface area contributed by atoms with Crippen molar-refractivity contribution in [3.05, 3.63) is 49.2 Å². The highest BCUT2D eigenvalue weighted by Gasteiger charge is 2.03. The quantitative estimate of drug-likeness (QED) is 0.493. The molecule has 2 radical (unpaired) electrons.